The van der Waals surface area contributed by atoms with Gasteiger partial charge >= 0.3 is 5.97 Å². The van der Waals surface area contributed by atoms with Crippen molar-refractivity contribution in [3.05, 3.63) is 0 Å². The van der Waals surface area contributed by atoms with Crippen molar-refractivity contribution in [2.24, 2.45) is 0 Å². The van der Waals surface area contributed by atoms with Gasteiger partial charge in [-0.1, -0.05) is 13.3 Å². The number of carboxylic acids is 1. The molecule has 0 rings (SSSR count). The van der Waals surface area contributed by atoms with Crippen LogP contribution in [-0.4, -0.2) is 23.7 Å². The third-order valence-corrected chi connectivity index (χ3v) is 1.69. The molecule has 0 spiro atoms. The summed E-state index contributed by atoms with van der Waals surface area (Å²) >= 11 is 0. The number of carbonyl (C=O) groups is 1. The molecule has 0 aromatic rings. The van der Waals surface area contributed by atoms with Crippen LogP contribution >= 0.6 is 0 Å². The standard InChI is InChI=1S/C10H17NO2/c1-3-5-6-8-11-9(7-4-2)10(12)13/h9,11H,4,6-8H2,1-2H3,(H,12,13). The molecule has 2 N–H and O–H groups in total. The first-order valence-electron chi connectivity index (χ1n) is 4.58. The molecule has 0 radical (unpaired) electrons. The molecular weight excluding hydrogens is 166 g/mol. The van der Waals surface area contributed by atoms with Crippen LogP contribution < -0.4 is 5.32 Å². The topological polar surface area (TPSA) is 49.3 Å². The number of carboxylic acid groups (broad SMARTS) is 1. The van der Waals surface area contributed by atoms with Crippen LogP contribution in [0.2, 0.25) is 0 Å². The molecule has 0 aromatic heterocycles. The van der Waals surface area contributed by atoms with Crippen molar-refractivity contribution in [2.75, 3.05) is 6.54 Å². The lowest BCUT2D eigenvalue weighted by Crippen LogP contribution is -2.36. The minimum Gasteiger partial charge on any atom is -0.480 e. The molecule has 0 bridgehead atoms. The second-order valence-corrected chi connectivity index (χ2v) is 2.81. The van der Waals surface area contributed by atoms with Crippen LogP contribution in [-0.2, 0) is 4.79 Å². The molecule has 1 atom stereocenters. The maximum atomic E-state index is 10.7. The Hall–Kier alpha value is -1.01. The van der Waals surface area contributed by atoms with Gasteiger partial charge in [-0.05, 0) is 13.3 Å². The van der Waals surface area contributed by atoms with Crippen molar-refractivity contribution < 1.29 is 9.90 Å². The fourth-order valence-corrected chi connectivity index (χ4v) is 1.04. The van der Waals surface area contributed by atoms with E-state index in [1.54, 1.807) is 6.92 Å². The molecule has 74 valence electrons. The first kappa shape index (κ1) is 12.0. The molecule has 0 heterocycles. The normalized spacial score (nSPS) is 11.5. The Morgan fingerprint density at radius 1 is 1.62 bits per heavy atom. The number of nitrogens with one attached hydrogen (secondary N) is 1. The molecule has 13 heavy (non-hydrogen) atoms. The highest BCUT2D eigenvalue weighted by atomic mass is 16.4. The van der Waals surface area contributed by atoms with Gasteiger partial charge in [0.05, 0.1) is 0 Å². The molecule has 0 aliphatic rings. The third-order valence-electron chi connectivity index (χ3n) is 1.69. The predicted molar refractivity (Wildman–Crippen MR) is 52.4 cm³/mol. The predicted octanol–water partition coefficient (Wildman–Crippen LogP) is 1.24. The van der Waals surface area contributed by atoms with Crippen molar-refractivity contribution in [3.8, 4) is 11.8 Å². The molecule has 0 fully saturated rings. The first-order chi connectivity index (χ1) is 6.22. The summed E-state index contributed by atoms with van der Waals surface area (Å²) < 4.78 is 0. The van der Waals surface area contributed by atoms with Gasteiger partial charge in [0.2, 0.25) is 0 Å². The first-order valence-corrected chi connectivity index (χ1v) is 4.58. The summed E-state index contributed by atoms with van der Waals surface area (Å²) in [5.41, 5.74) is 0. The fourth-order valence-electron chi connectivity index (χ4n) is 1.04. The molecule has 0 saturated heterocycles. The maximum Gasteiger partial charge on any atom is 0.320 e. The van der Waals surface area contributed by atoms with E-state index in [0.29, 0.717) is 19.4 Å². The Bertz CT molecular complexity index is 203. The lowest BCUT2D eigenvalue weighted by molar-refractivity contribution is -0.139. The highest BCUT2D eigenvalue weighted by Gasteiger charge is 2.13. The molecule has 0 aliphatic carbocycles. The Morgan fingerprint density at radius 3 is 2.77 bits per heavy atom. The number of aliphatic carboxylic acids is 1. The van der Waals surface area contributed by atoms with Crippen molar-refractivity contribution in [3.63, 3.8) is 0 Å². The van der Waals surface area contributed by atoms with Gasteiger partial charge in [-0.3, -0.25) is 4.79 Å². The van der Waals surface area contributed by atoms with E-state index >= 15 is 0 Å². The Morgan fingerprint density at radius 2 is 2.31 bits per heavy atom. The van der Waals surface area contributed by atoms with E-state index in [2.05, 4.69) is 17.2 Å². The van der Waals surface area contributed by atoms with E-state index in [0.717, 1.165) is 6.42 Å². The summed E-state index contributed by atoms with van der Waals surface area (Å²) in [6.45, 7) is 4.40. The van der Waals surface area contributed by atoms with Gasteiger partial charge in [-0.25, -0.2) is 0 Å². The monoisotopic (exact) mass is 183 g/mol. The Kier molecular flexibility index (Phi) is 7.04. The van der Waals surface area contributed by atoms with E-state index in [1.165, 1.54) is 0 Å². The number of rotatable bonds is 6. The second kappa shape index (κ2) is 7.63. The molecule has 3 heteroatoms. The minimum absolute atomic E-state index is 0.413. The van der Waals surface area contributed by atoms with Gasteiger partial charge in [-0.2, -0.15) is 0 Å². The molecule has 0 saturated carbocycles. The smallest absolute Gasteiger partial charge is 0.320 e. The molecule has 0 aromatic carbocycles. The molecule has 0 amide bonds. The van der Waals surface area contributed by atoms with Crippen LogP contribution in [0, 0.1) is 11.8 Å². The SMILES string of the molecule is CC#CCCNC(CCC)C(=O)O. The molecular formula is C10H17NO2. The average Bonchev–Trinajstić information content (AvgIpc) is 2.10. The lowest BCUT2D eigenvalue weighted by Gasteiger charge is -2.11. The summed E-state index contributed by atoms with van der Waals surface area (Å²) in [5, 5.41) is 11.7. The van der Waals surface area contributed by atoms with Crippen LogP contribution in [0.15, 0.2) is 0 Å². The molecule has 0 aliphatic heterocycles. The van der Waals surface area contributed by atoms with E-state index in [4.69, 9.17) is 5.11 Å². The van der Waals surface area contributed by atoms with Crippen LogP contribution in [0.3, 0.4) is 0 Å². The highest BCUT2D eigenvalue weighted by Crippen LogP contribution is 1.96. The van der Waals surface area contributed by atoms with Crippen LogP contribution in [0.4, 0.5) is 0 Å². The second-order valence-electron chi connectivity index (χ2n) is 2.81. The van der Waals surface area contributed by atoms with Crippen molar-refractivity contribution in [1.29, 1.82) is 0 Å². The average molecular weight is 183 g/mol. The zero-order chi connectivity index (χ0) is 10.1. The number of hydrogen-bond donors (Lipinski definition) is 2. The summed E-state index contributed by atoms with van der Waals surface area (Å²) in [4.78, 5) is 10.7. The van der Waals surface area contributed by atoms with Gasteiger partial charge in [0.1, 0.15) is 6.04 Å². The molecule has 3 nitrogen and oxygen atoms in total. The summed E-state index contributed by atoms with van der Waals surface area (Å²) in [6.07, 6.45) is 2.27. The summed E-state index contributed by atoms with van der Waals surface area (Å²) in [5.74, 6) is 4.87. The molecule has 1 unspecified atom stereocenters. The van der Waals surface area contributed by atoms with E-state index in [-0.39, 0.29) is 0 Å². The zero-order valence-electron chi connectivity index (χ0n) is 8.26. The van der Waals surface area contributed by atoms with Crippen molar-refractivity contribution >= 4 is 5.97 Å². The van der Waals surface area contributed by atoms with Gasteiger partial charge in [0, 0.05) is 13.0 Å². The van der Waals surface area contributed by atoms with Gasteiger partial charge in [0.15, 0.2) is 0 Å². The summed E-state index contributed by atoms with van der Waals surface area (Å²) in [6, 6.07) is -0.413. The maximum absolute atomic E-state index is 10.7. The minimum atomic E-state index is -0.772. The Balaban J connectivity index is 3.67. The van der Waals surface area contributed by atoms with Crippen LogP contribution in [0.25, 0.3) is 0 Å². The van der Waals surface area contributed by atoms with Crippen LogP contribution in [0.5, 0.6) is 0 Å². The van der Waals surface area contributed by atoms with Gasteiger partial charge in [-0.15, -0.1) is 11.8 Å². The van der Waals surface area contributed by atoms with Crippen molar-refractivity contribution in [1.82, 2.24) is 5.32 Å². The lowest BCUT2D eigenvalue weighted by atomic mass is 10.1. The fraction of sp³-hybridized carbons (Fsp3) is 0.700. The van der Waals surface area contributed by atoms with E-state index in [9.17, 15) is 4.79 Å². The summed E-state index contributed by atoms with van der Waals surface area (Å²) in [7, 11) is 0. The highest BCUT2D eigenvalue weighted by molar-refractivity contribution is 5.73. The largest absolute Gasteiger partial charge is 0.480 e. The Labute approximate surface area is 79.5 Å². The number of hydrogen-bond acceptors (Lipinski definition) is 2. The van der Waals surface area contributed by atoms with Gasteiger partial charge < -0.3 is 10.4 Å². The third kappa shape index (κ3) is 6.18. The zero-order valence-corrected chi connectivity index (χ0v) is 8.26. The quantitative estimate of drug-likeness (QED) is 0.481. The van der Waals surface area contributed by atoms with Crippen molar-refractivity contribution in [2.45, 2.75) is 39.2 Å². The van der Waals surface area contributed by atoms with Gasteiger partial charge in [0.25, 0.3) is 0 Å². The van der Waals surface area contributed by atoms with E-state index in [1.807, 2.05) is 6.92 Å². The van der Waals surface area contributed by atoms with Crippen LogP contribution in [0.1, 0.15) is 33.1 Å². The van der Waals surface area contributed by atoms with E-state index < -0.39 is 12.0 Å².